The number of fused-ring (bicyclic) bond motifs is 3. The van der Waals surface area contributed by atoms with Crippen molar-refractivity contribution in [2.75, 3.05) is 62.2 Å². The maximum atomic E-state index is 14.1. The molecule has 1 aromatic rings. The van der Waals surface area contributed by atoms with Crippen molar-refractivity contribution < 1.29 is 18.3 Å². The molecule has 0 radical (unpaired) electrons. The van der Waals surface area contributed by atoms with Gasteiger partial charge in [-0.25, -0.2) is 13.8 Å². The lowest BCUT2D eigenvalue weighted by atomic mass is 9.90. The number of piperazine rings is 1. The third-order valence-electron chi connectivity index (χ3n) is 8.19. The standard InChI is InChI=1S/C25H31F2N5O2/c1-2-22(33)30-10-8-29(9-11-30)20-14-32-18(20)6-3-5-17-19(32)13-21(28-23(17)24(26)27)31-15-25(16-31)7-4-12-34-25/h2,4,7,13,18,20,24H,1,3,5-6,8-12,14-16H2. The van der Waals surface area contributed by atoms with E-state index in [1.54, 1.807) is 0 Å². The van der Waals surface area contributed by atoms with E-state index in [0.717, 1.165) is 38.2 Å². The predicted octanol–water partition coefficient (Wildman–Crippen LogP) is 2.39. The van der Waals surface area contributed by atoms with Crippen molar-refractivity contribution in [2.24, 2.45) is 0 Å². The summed E-state index contributed by atoms with van der Waals surface area (Å²) in [5.41, 5.74) is 1.31. The quantitative estimate of drug-likeness (QED) is 0.497. The van der Waals surface area contributed by atoms with Crippen LogP contribution in [0.1, 0.15) is 30.5 Å². The zero-order valence-electron chi connectivity index (χ0n) is 19.3. The summed E-state index contributed by atoms with van der Waals surface area (Å²) in [6.07, 6.45) is 5.39. The fourth-order valence-corrected chi connectivity index (χ4v) is 6.31. The van der Waals surface area contributed by atoms with E-state index in [4.69, 9.17) is 4.74 Å². The first-order valence-electron chi connectivity index (χ1n) is 12.3. The van der Waals surface area contributed by atoms with Gasteiger partial charge in [0.15, 0.2) is 0 Å². The smallest absolute Gasteiger partial charge is 0.280 e. The second kappa shape index (κ2) is 8.30. The van der Waals surface area contributed by atoms with Gasteiger partial charge in [-0.2, -0.15) is 0 Å². The average molecular weight is 472 g/mol. The molecule has 5 aliphatic rings. The van der Waals surface area contributed by atoms with E-state index >= 15 is 0 Å². The van der Waals surface area contributed by atoms with Crippen LogP contribution in [0, 0.1) is 0 Å². The fourth-order valence-electron chi connectivity index (χ4n) is 6.31. The van der Waals surface area contributed by atoms with Gasteiger partial charge < -0.3 is 19.4 Å². The zero-order chi connectivity index (χ0) is 23.4. The summed E-state index contributed by atoms with van der Waals surface area (Å²) in [5, 5.41) is 0. The molecule has 0 bridgehead atoms. The Labute approximate surface area is 198 Å². The third kappa shape index (κ3) is 3.51. The number of rotatable bonds is 4. The molecule has 3 saturated heterocycles. The Bertz CT molecular complexity index is 1020. The zero-order valence-corrected chi connectivity index (χ0v) is 19.3. The van der Waals surface area contributed by atoms with E-state index in [9.17, 15) is 13.6 Å². The molecular formula is C25H31F2N5O2. The van der Waals surface area contributed by atoms with Gasteiger partial charge in [0, 0.05) is 62.1 Å². The van der Waals surface area contributed by atoms with Gasteiger partial charge >= 0.3 is 0 Å². The SMILES string of the molecule is C=CC(=O)N1CCN(C2CN3c4cc(N5CC6(C=CCO6)C5)nc(C(F)F)c4CCCC23)CC1. The second-order valence-electron chi connectivity index (χ2n) is 10.0. The van der Waals surface area contributed by atoms with Crippen molar-refractivity contribution in [3.8, 4) is 0 Å². The van der Waals surface area contributed by atoms with Crippen LogP contribution in [0.2, 0.25) is 0 Å². The van der Waals surface area contributed by atoms with Crippen molar-refractivity contribution in [1.29, 1.82) is 0 Å². The highest BCUT2D eigenvalue weighted by Crippen LogP contribution is 2.44. The molecule has 1 amide bonds. The molecule has 1 aromatic heterocycles. The highest BCUT2D eigenvalue weighted by Gasteiger charge is 2.47. The van der Waals surface area contributed by atoms with Crippen molar-refractivity contribution in [1.82, 2.24) is 14.8 Å². The Kier molecular flexibility index (Phi) is 5.37. The Morgan fingerprint density at radius 3 is 2.71 bits per heavy atom. The molecule has 3 fully saturated rings. The van der Waals surface area contributed by atoms with E-state index in [1.165, 1.54) is 6.08 Å². The van der Waals surface area contributed by atoms with Crippen LogP contribution in [-0.2, 0) is 16.0 Å². The molecule has 2 unspecified atom stereocenters. The predicted molar refractivity (Wildman–Crippen MR) is 125 cm³/mol. The molecule has 1 spiro atoms. The number of halogens is 2. The van der Waals surface area contributed by atoms with Crippen LogP contribution in [0.5, 0.6) is 0 Å². The number of hydrogen-bond acceptors (Lipinski definition) is 6. The average Bonchev–Trinajstić information content (AvgIpc) is 3.26. The van der Waals surface area contributed by atoms with E-state index in [-0.39, 0.29) is 17.2 Å². The van der Waals surface area contributed by atoms with Crippen LogP contribution < -0.4 is 9.80 Å². The van der Waals surface area contributed by atoms with Gasteiger partial charge in [0.1, 0.15) is 17.1 Å². The first-order valence-corrected chi connectivity index (χ1v) is 12.3. The summed E-state index contributed by atoms with van der Waals surface area (Å²) in [7, 11) is 0. The number of carbonyl (C=O) groups is 1. The highest BCUT2D eigenvalue weighted by atomic mass is 19.3. The van der Waals surface area contributed by atoms with E-state index in [1.807, 2.05) is 17.0 Å². The first-order chi connectivity index (χ1) is 16.5. The van der Waals surface area contributed by atoms with E-state index in [2.05, 4.69) is 32.3 Å². The lowest BCUT2D eigenvalue weighted by molar-refractivity contribution is -0.128. The second-order valence-corrected chi connectivity index (χ2v) is 10.0. The van der Waals surface area contributed by atoms with Crippen molar-refractivity contribution in [3.05, 3.63) is 42.1 Å². The minimum Gasteiger partial charge on any atom is -0.365 e. The van der Waals surface area contributed by atoms with Gasteiger partial charge in [-0.05, 0) is 25.3 Å². The molecule has 0 N–H and O–H groups in total. The molecule has 34 heavy (non-hydrogen) atoms. The van der Waals surface area contributed by atoms with Gasteiger partial charge in [0.05, 0.1) is 19.7 Å². The van der Waals surface area contributed by atoms with Gasteiger partial charge in [0.2, 0.25) is 5.91 Å². The van der Waals surface area contributed by atoms with Crippen molar-refractivity contribution in [3.63, 3.8) is 0 Å². The Morgan fingerprint density at radius 1 is 1.24 bits per heavy atom. The van der Waals surface area contributed by atoms with Crippen LogP contribution in [-0.4, -0.2) is 90.8 Å². The summed E-state index contributed by atoms with van der Waals surface area (Å²) in [5.74, 6) is 0.619. The number of anilines is 2. The lowest BCUT2D eigenvalue weighted by Crippen LogP contribution is -2.69. The number of aromatic nitrogens is 1. The Balaban J connectivity index is 1.22. The minimum atomic E-state index is -2.59. The molecule has 9 heteroatoms. The fraction of sp³-hybridized carbons (Fsp3) is 0.600. The lowest BCUT2D eigenvalue weighted by Gasteiger charge is -2.55. The summed E-state index contributed by atoms with van der Waals surface area (Å²) in [6, 6.07) is 2.73. The number of ether oxygens (including phenoxy) is 1. The van der Waals surface area contributed by atoms with Crippen LogP contribution in [0.15, 0.2) is 30.9 Å². The maximum absolute atomic E-state index is 14.1. The largest absolute Gasteiger partial charge is 0.365 e. The number of nitrogens with zero attached hydrogens (tertiary/aromatic N) is 5. The topological polar surface area (TPSA) is 52.2 Å². The molecule has 7 nitrogen and oxygen atoms in total. The van der Waals surface area contributed by atoms with Crippen molar-refractivity contribution in [2.45, 2.75) is 43.4 Å². The molecule has 0 saturated carbocycles. The van der Waals surface area contributed by atoms with E-state index in [0.29, 0.717) is 62.7 Å². The maximum Gasteiger partial charge on any atom is 0.280 e. The van der Waals surface area contributed by atoms with Gasteiger partial charge in [-0.1, -0.05) is 18.7 Å². The minimum absolute atomic E-state index is 0.0101. The van der Waals surface area contributed by atoms with Crippen LogP contribution in [0.25, 0.3) is 0 Å². The molecule has 5 aliphatic heterocycles. The molecule has 6 rings (SSSR count). The molecule has 6 heterocycles. The van der Waals surface area contributed by atoms with Gasteiger partial charge in [-0.3, -0.25) is 9.69 Å². The molecule has 2 atom stereocenters. The van der Waals surface area contributed by atoms with Crippen LogP contribution in [0.3, 0.4) is 0 Å². The Morgan fingerprint density at radius 2 is 2.03 bits per heavy atom. The molecule has 182 valence electrons. The van der Waals surface area contributed by atoms with Gasteiger partial charge in [-0.15, -0.1) is 0 Å². The summed E-state index contributed by atoms with van der Waals surface area (Å²) in [6.45, 7) is 9.43. The summed E-state index contributed by atoms with van der Waals surface area (Å²) in [4.78, 5) is 25.1. The Hall–Kier alpha value is -2.52. The number of pyridine rings is 1. The normalized spacial score (nSPS) is 27.8. The monoisotopic (exact) mass is 471 g/mol. The van der Waals surface area contributed by atoms with Crippen LogP contribution >= 0.6 is 0 Å². The molecule has 0 aromatic carbocycles. The number of amides is 1. The number of alkyl halides is 2. The number of carbonyl (C=O) groups excluding carboxylic acids is 1. The van der Waals surface area contributed by atoms with Gasteiger partial charge in [0.25, 0.3) is 6.43 Å². The first kappa shape index (κ1) is 22.0. The van der Waals surface area contributed by atoms with Crippen LogP contribution in [0.4, 0.5) is 20.3 Å². The molecule has 0 aliphatic carbocycles. The molecular weight excluding hydrogens is 440 g/mol. The van der Waals surface area contributed by atoms with Crippen molar-refractivity contribution >= 4 is 17.4 Å². The van der Waals surface area contributed by atoms with E-state index < -0.39 is 6.43 Å². The highest BCUT2D eigenvalue weighted by molar-refractivity contribution is 5.87. The summed E-state index contributed by atoms with van der Waals surface area (Å²) < 4.78 is 34.0. The summed E-state index contributed by atoms with van der Waals surface area (Å²) >= 11 is 0. The third-order valence-corrected chi connectivity index (χ3v) is 8.19. The number of hydrogen-bond donors (Lipinski definition) is 0.